The summed E-state index contributed by atoms with van der Waals surface area (Å²) in [6.45, 7) is 1.87. The van der Waals surface area contributed by atoms with Gasteiger partial charge < -0.3 is 5.32 Å². The summed E-state index contributed by atoms with van der Waals surface area (Å²) < 4.78 is 54.4. The van der Waals surface area contributed by atoms with Crippen molar-refractivity contribution in [3.05, 3.63) is 69.7 Å². The van der Waals surface area contributed by atoms with E-state index >= 15 is 0 Å². The lowest BCUT2D eigenvalue weighted by molar-refractivity contribution is 0.102. The number of nitrogens with zero attached hydrogens (tertiary/aromatic N) is 3. The van der Waals surface area contributed by atoms with E-state index in [2.05, 4.69) is 15.5 Å². The van der Waals surface area contributed by atoms with Gasteiger partial charge in [-0.25, -0.2) is 17.2 Å². The molecule has 4 rings (SSSR count). The lowest BCUT2D eigenvalue weighted by Crippen LogP contribution is -2.31. The fourth-order valence-electron chi connectivity index (χ4n) is 3.43. The van der Waals surface area contributed by atoms with E-state index < -0.39 is 33.6 Å². The number of aryl methyl sites for hydroxylation is 1. The van der Waals surface area contributed by atoms with E-state index in [1.54, 1.807) is 6.92 Å². The molecule has 162 valence electrons. The Morgan fingerprint density at radius 1 is 1.13 bits per heavy atom. The summed E-state index contributed by atoms with van der Waals surface area (Å²) in [6.07, 6.45) is 1.12. The Hall–Kier alpha value is -2.76. The summed E-state index contributed by atoms with van der Waals surface area (Å²) in [5, 5.41) is 11.0. The molecular weight excluding hydrogens is 446 g/mol. The van der Waals surface area contributed by atoms with Gasteiger partial charge in [-0.05, 0) is 61.7 Å². The molecule has 1 N–H and O–H groups in total. The fourth-order valence-corrected chi connectivity index (χ4v) is 6.28. The van der Waals surface area contributed by atoms with Gasteiger partial charge in [-0.3, -0.25) is 4.79 Å². The Balaban J connectivity index is 1.57. The van der Waals surface area contributed by atoms with Crippen LogP contribution in [0.2, 0.25) is 0 Å². The minimum Gasteiger partial charge on any atom is -0.320 e. The molecule has 1 fully saturated rings. The van der Waals surface area contributed by atoms with Crippen LogP contribution in [0.1, 0.15) is 39.3 Å². The van der Waals surface area contributed by atoms with Crippen LogP contribution in [-0.2, 0) is 10.0 Å². The van der Waals surface area contributed by atoms with Gasteiger partial charge in [-0.2, -0.15) is 4.31 Å². The molecule has 2 aromatic carbocycles. The van der Waals surface area contributed by atoms with Gasteiger partial charge >= 0.3 is 0 Å². The van der Waals surface area contributed by atoms with Gasteiger partial charge in [0.05, 0.1) is 10.9 Å². The Morgan fingerprint density at radius 2 is 1.84 bits per heavy atom. The van der Waals surface area contributed by atoms with Crippen LogP contribution in [-0.4, -0.2) is 35.4 Å². The van der Waals surface area contributed by atoms with E-state index in [9.17, 15) is 22.0 Å². The molecule has 11 heteroatoms. The van der Waals surface area contributed by atoms with E-state index in [0.29, 0.717) is 29.1 Å². The zero-order chi connectivity index (χ0) is 22.2. The number of anilines is 1. The quantitative estimate of drug-likeness (QED) is 0.618. The third-order valence-electron chi connectivity index (χ3n) is 4.96. The molecular formula is C20H18F2N4O3S2. The number of benzene rings is 2. The van der Waals surface area contributed by atoms with Crippen molar-refractivity contribution < 1.29 is 22.0 Å². The second-order valence-electron chi connectivity index (χ2n) is 7.09. The number of carbonyl (C=O) groups excluding carboxylic acids is 1. The van der Waals surface area contributed by atoms with Crippen LogP contribution >= 0.6 is 11.3 Å². The summed E-state index contributed by atoms with van der Waals surface area (Å²) in [7, 11) is -3.96. The molecule has 0 spiro atoms. The Labute approximate surface area is 181 Å². The molecule has 0 bridgehead atoms. The number of hydrogen-bond acceptors (Lipinski definition) is 6. The third-order valence-corrected chi connectivity index (χ3v) is 8.04. The lowest BCUT2D eigenvalue weighted by Gasteiger charge is -2.23. The third kappa shape index (κ3) is 4.34. The molecule has 1 aliphatic rings. The van der Waals surface area contributed by atoms with Gasteiger partial charge in [0, 0.05) is 12.2 Å². The van der Waals surface area contributed by atoms with Crippen LogP contribution in [0.5, 0.6) is 0 Å². The zero-order valence-electron chi connectivity index (χ0n) is 16.4. The number of rotatable bonds is 5. The van der Waals surface area contributed by atoms with Crippen molar-refractivity contribution in [3.63, 3.8) is 0 Å². The van der Waals surface area contributed by atoms with Crippen LogP contribution in [0.25, 0.3) is 0 Å². The molecule has 0 aliphatic carbocycles. The van der Waals surface area contributed by atoms with Gasteiger partial charge in [-0.1, -0.05) is 17.4 Å². The molecule has 0 saturated carbocycles. The van der Waals surface area contributed by atoms with Gasteiger partial charge in [0.1, 0.15) is 16.6 Å². The molecule has 1 aliphatic heterocycles. The first-order valence-electron chi connectivity index (χ1n) is 9.44. The first-order valence-corrected chi connectivity index (χ1v) is 11.7. The number of sulfonamides is 1. The topological polar surface area (TPSA) is 92.3 Å². The standard InChI is InChI=1S/C20H18F2N4O3S2/c1-12-4-5-14(22)11-17(12)31(28,29)26-10-2-3-16(26)19-24-25-20(30-19)18(27)23-15-8-6-13(21)7-9-15/h4-9,11,16H,2-3,10H2,1H3,(H,23,27)/t16-/m0/s1. The highest BCUT2D eigenvalue weighted by Gasteiger charge is 2.39. The molecule has 7 nitrogen and oxygen atoms in total. The molecule has 1 amide bonds. The van der Waals surface area contributed by atoms with Crippen molar-refractivity contribution in [1.29, 1.82) is 0 Å². The largest absolute Gasteiger partial charge is 0.320 e. The molecule has 1 saturated heterocycles. The smallest absolute Gasteiger partial charge is 0.286 e. The fraction of sp³-hybridized carbons (Fsp3) is 0.250. The van der Waals surface area contributed by atoms with Crippen molar-refractivity contribution in [1.82, 2.24) is 14.5 Å². The van der Waals surface area contributed by atoms with Gasteiger partial charge in [-0.15, -0.1) is 10.2 Å². The van der Waals surface area contributed by atoms with Crippen molar-refractivity contribution in [2.45, 2.75) is 30.7 Å². The molecule has 1 aromatic heterocycles. The summed E-state index contributed by atoms with van der Waals surface area (Å²) >= 11 is 0.995. The summed E-state index contributed by atoms with van der Waals surface area (Å²) in [5.74, 6) is -1.58. The van der Waals surface area contributed by atoms with Crippen LogP contribution in [0.4, 0.5) is 14.5 Å². The predicted molar refractivity (Wildman–Crippen MR) is 111 cm³/mol. The second-order valence-corrected chi connectivity index (χ2v) is 9.96. The lowest BCUT2D eigenvalue weighted by atomic mass is 10.2. The number of halogens is 2. The average molecular weight is 465 g/mol. The number of amides is 1. The average Bonchev–Trinajstić information content (AvgIpc) is 3.41. The molecule has 3 aromatic rings. The molecule has 31 heavy (non-hydrogen) atoms. The normalized spacial score (nSPS) is 17.1. The molecule has 0 radical (unpaired) electrons. The van der Waals surface area contributed by atoms with Crippen LogP contribution in [0, 0.1) is 18.6 Å². The minimum atomic E-state index is -3.96. The number of nitrogens with one attached hydrogen (secondary N) is 1. The first-order chi connectivity index (χ1) is 14.8. The van der Waals surface area contributed by atoms with Crippen LogP contribution < -0.4 is 5.32 Å². The monoisotopic (exact) mass is 464 g/mol. The SMILES string of the molecule is Cc1ccc(F)cc1S(=O)(=O)N1CCC[C@H]1c1nnc(C(=O)Nc2ccc(F)cc2)s1. The highest BCUT2D eigenvalue weighted by atomic mass is 32.2. The molecule has 1 atom stereocenters. The summed E-state index contributed by atoms with van der Waals surface area (Å²) in [5.41, 5.74) is 0.846. The van der Waals surface area contributed by atoms with E-state index in [4.69, 9.17) is 0 Å². The summed E-state index contributed by atoms with van der Waals surface area (Å²) in [6, 6.07) is 8.35. The van der Waals surface area contributed by atoms with Crippen molar-refractivity contribution in [3.8, 4) is 0 Å². The van der Waals surface area contributed by atoms with E-state index in [1.807, 2.05) is 0 Å². The first kappa shape index (κ1) is 21.5. The van der Waals surface area contributed by atoms with Crippen molar-refractivity contribution in [2.24, 2.45) is 0 Å². The van der Waals surface area contributed by atoms with Crippen LogP contribution in [0.15, 0.2) is 47.4 Å². The van der Waals surface area contributed by atoms with Crippen molar-refractivity contribution in [2.75, 3.05) is 11.9 Å². The highest BCUT2D eigenvalue weighted by Crippen LogP contribution is 2.38. The maximum atomic E-state index is 13.7. The van der Waals surface area contributed by atoms with E-state index in [1.165, 1.54) is 40.7 Å². The minimum absolute atomic E-state index is 0.0607. The maximum Gasteiger partial charge on any atom is 0.286 e. The zero-order valence-corrected chi connectivity index (χ0v) is 18.0. The van der Waals surface area contributed by atoms with Crippen molar-refractivity contribution >= 4 is 33.0 Å². The summed E-state index contributed by atoms with van der Waals surface area (Å²) in [4.78, 5) is 12.4. The number of aromatic nitrogens is 2. The Kier molecular flexibility index (Phi) is 5.82. The van der Waals surface area contributed by atoms with E-state index in [-0.39, 0.29) is 16.4 Å². The number of hydrogen-bond donors (Lipinski definition) is 1. The number of carbonyl (C=O) groups is 1. The van der Waals surface area contributed by atoms with Crippen LogP contribution in [0.3, 0.4) is 0 Å². The Bertz CT molecular complexity index is 1230. The second kappa shape index (κ2) is 8.40. The maximum absolute atomic E-state index is 13.7. The van der Waals surface area contributed by atoms with E-state index in [0.717, 1.165) is 17.4 Å². The molecule has 0 unspecified atom stereocenters. The molecule has 2 heterocycles. The Morgan fingerprint density at radius 3 is 2.58 bits per heavy atom. The highest BCUT2D eigenvalue weighted by molar-refractivity contribution is 7.89. The van der Waals surface area contributed by atoms with Gasteiger partial charge in [0.2, 0.25) is 15.0 Å². The van der Waals surface area contributed by atoms with Gasteiger partial charge in [0.15, 0.2) is 0 Å². The van der Waals surface area contributed by atoms with Gasteiger partial charge in [0.25, 0.3) is 5.91 Å². The predicted octanol–water partition coefficient (Wildman–Crippen LogP) is 3.90.